The van der Waals surface area contributed by atoms with Crippen LogP contribution in [0.5, 0.6) is 0 Å². The second-order valence-corrected chi connectivity index (χ2v) is 5.84. The fourth-order valence-corrected chi connectivity index (χ4v) is 3.11. The molecule has 2 heteroatoms. The number of nitriles is 1. The Labute approximate surface area is 121 Å². The molecular weight excluding hydrogens is 246 g/mol. The molecular formula is C18H21NO. The first kappa shape index (κ1) is 14.6. The maximum Gasteiger partial charge on any atom is 0.0991 e. The van der Waals surface area contributed by atoms with E-state index in [2.05, 4.69) is 40.7 Å². The van der Waals surface area contributed by atoms with Gasteiger partial charge in [0.2, 0.25) is 0 Å². The molecule has 0 heterocycles. The fourth-order valence-electron chi connectivity index (χ4n) is 3.11. The smallest absolute Gasteiger partial charge is 0.0991 e. The molecule has 0 fully saturated rings. The number of nitrogens with zero attached hydrogens (tertiary/aromatic N) is 1. The Hall–Kier alpha value is -1.85. The molecule has 0 bridgehead atoms. The van der Waals surface area contributed by atoms with Gasteiger partial charge in [-0.1, -0.05) is 23.3 Å². The zero-order chi connectivity index (χ0) is 15.1. The van der Waals surface area contributed by atoms with Crippen molar-refractivity contribution in [3.63, 3.8) is 0 Å². The molecule has 1 atom stereocenters. The van der Waals surface area contributed by atoms with Gasteiger partial charge in [-0.25, -0.2) is 0 Å². The zero-order valence-corrected chi connectivity index (χ0v) is 12.8. The van der Waals surface area contributed by atoms with E-state index in [1.807, 2.05) is 12.1 Å². The molecule has 0 saturated carbocycles. The first-order chi connectivity index (χ1) is 9.33. The quantitative estimate of drug-likeness (QED) is 0.869. The predicted molar refractivity (Wildman–Crippen MR) is 81.0 cm³/mol. The maximum atomic E-state index is 10.9. The van der Waals surface area contributed by atoms with Crippen LogP contribution in [-0.4, -0.2) is 5.11 Å². The van der Waals surface area contributed by atoms with Crippen LogP contribution in [0.25, 0.3) is 0 Å². The third-order valence-corrected chi connectivity index (χ3v) is 5.15. The van der Waals surface area contributed by atoms with Crippen LogP contribution in [0, 0.1) is 16.7 Å². The van der Waals surface area contributed by atoms with Crippen LogP contribution < -0.4 is 0 Å². The van der Waals surface area contributed by atoms with Gasteiger partial charge in [0.05, 0.1) is 17.7 Å². The number of rotatable bonds is 2. The van der Waals surface area contributed by atoms with Crippen molar-refractivity contribution in [2.45, 2.75) is 40.7 Å². The van der Waals surface area contributed by atoms with E-state index in [1.54, 1.807) is 12.1 Å². The summed E-state index contributed by atoms with van der Waals surface area (Å²) < 4.78 is 0. The lowest BCUT2D eigenvalue weighted by Gasteiger charge is -2.35. The van der Waals surface area contributed by atoms with Gasteiger partial charge < -0.3 is 5.11 Å². The Morgan fingerprint density at radius 2 is 1.45 bits per heavy atom. The second-order valence-electron chi connectivity index (χ2n) is 5.84. The van der Waals surface area contributed by atoms with Crippen LogP contribution in [0.1, 0.15) is 51.8 Å². The van der Waals surface area contributed by atoms with E-state index in [1.165, 1.54) is 22.3 Å². The molecule has 0 aromatic heterocycles. The van der Waals surface area contributed by atoms with Crippen molar-refractivity contribution < 1.29 is 5.11 Å². The molecule has 2 rings (SSSR count). The minimum Gasteiger partial charge on any atom is -0.387 e. The lowest BCUT2D eigenvalue weighted by molar-refractivity contribution is 0.0867. The summed E-state index contributed by atoms with van der Waals surface area (Å²) in [5.74, 6) is 0. The van der Waals surface area contributed by atoms with Gasteiger partial charge >= 0.3 is 0 Å². The van der Waals surface area contributed by atoms with E-state index >= 15 is 0 Å². The summed E-state index contributed by atoms with van der Waals surface area (Å²) in [6.07, 6.45) is -0.595. The molecule has 1 N–H and O–H groups in total. The van der Waals surface area contributed by atoms with Gasteiger partial charge in [0, 0.05) is 5.41 Å². The van der Waals surface area contributed by atoms with Crippen molar-refractivity contribution in [3.8, 4) is 6.07 Å². The molecule has 1 aromatic rings. The summed E-state index contributed by atoms with van der Waals surface area (Å²) in [7, 11) is 0. The molecule has 0 saturated heterocycles. The van der Waals surface area contributed by atoms with Crippen molar-refractivity contribution in [2.24, 2.45) is 5.41 Å². The molecule has 20 heavy (non-hydrogen) atoms. The fraction of sp³-hybridized carbons (Fsp3) is 0.389. The molecule has 104 valence electrons. The van der Waals surface area contributed by atoms with Crippen molar-refractivity contribution in [1.82, 2.24) is 0 Å². The summed E-state index contributed by atoms with van der Waals surface area (Å²) in [6.45, 7) is 10.5. The van der Waals surface area contributed by atoms with Gasteiger partial charge in [-0.3, -0.25) is 0 Å². The molecule has 0 aliphatic heterocycles. The molecule has 1 aliphatic rings. The largest absolute Gasteiger partial charge is 0.387 e. The van der Waals surface area contributed by atoms with Gasteiger partial charge in [0.1, 0.15) is 0 Å². The Balaban J connectivity index is 2.47. The van der Waals surface area contributed by atoms with E-state index < -0.39 is 6.10 Å². The van der Waals surface area contributed by atoms with E-state index in [0.29, 0.717) is 5.56 Å². The third-order valence-electron chi connectivity index (χ3n) is 5.15. The van der Waals surface area contributed by atoms with Crippen molar-refractivity contribution in [3.05, 3.63) is 57.7 Å². The topological polar surface area (TPSA) is 44.0 Å². The minimum absolute atomic E-state index is 0.359. The van der Waals surface area contributed by atoms with Crippen LogP contribution in [0.2, 0.25) is 0 Å². The maximum absolute atomic E-state index is 10.9. The van der Waals surface area contributed by atoms with Crippen molar-refractivity contribution in [2.75, 3.05) is 0 Å². The number of aliphatic hydroxyl groups is 1. The predicted octanol–water partition coefficient (Wildman–Crippen LogP) is 4.28. The van der Waals surface area contributed by atoms with E-state index in [0.717, 1.165) is 5.56 Å². The van der Waals surface area contributed by atoms with E-state index in [-0.39, 0.29) is 5.41 Å². The van der Waals surface area contributed by atoms with Crippen LogP contribution in [0.3, 0.4) is 0 Å². The second kappa shape index (κ2) is 4.92. The zero-order valence-electron chi connectivity index (χ0n) is 12.8. The van der Waals surface area contributed by atoms with Crippen LogP contribution in [0.4, 0.5) is 0 Å². The Morgan fingerprint density at radius 1 is 1.00 bits per heavy atom. The summed E-state index contributed by atoms with van der Waals surface area (Å²) in [4.78, 5) is 0. The number of allylic oxidation sites excluding steroid dienone is 2. The first-order valence-corrected chi connectivity index (χ1v) is 6.88. The van der Waals surface area contributed by atoms with Crippen molar-refractivity contribution in [1.29, 1.82) is 5.26 Å². The molecule has 0 amide bonds. The van der Waals surface area contributed by atoms with Crippen LogP contribution in [0.15, 0.2) is 46.6 Å². The summed E-state index contributed by atoms with van der Waals surface area (Å²) in [5, 5.41) is 19.7. The minimum atomic E-state index is -0.595. The molecule has 1 unspecified atom stereocenters. The average Bonchev–Trinajstić information content (AvgIpc) is 2.63. The number of benzene rings is 1. The van der Waals surface area contributed by atoms with Crippen molar-refractivity contribution >= 4 is 0 Å². The monoisotopic (exact) mass is 267 g/mol. The molecule has 2 nitrogen and oxygen atoms in total. The lowest BCUT2D eigenvalue weighted by atomic mass is 9.72. The third kappa shape index (κ3) is 1.90. The highest BCUT2D eigenvalue weighted by Crippen LogP contribution is 2.53. The summed E-state index contributed by atoms with van der Waals surface area (Å²) >= 11 is 0. The highest BCUT2D eigenvalue weighted by Gasteiger charge is 2.42. The van der Waals surface area contributed by atoms with Crippen LogP contribution >= 0.6 is 0 Å². The van der Waals surface area contributed by atoms with Gasteiger partial charge in [-0.05, 0) is 63.5 Å². The van der Waals surface area contributed by atoms with Gasteiger partial charge in [0.25, 0.3) is 0 Å². The lowest BCUT2D eigenvalue weighted by Crippen LogP contribution is -2.26. The standard InChI is InChI=1S/C18H21NO/c1-11-12(2)14(4)18(5,13(11)3)17(20)16-8-6-15(10-19)7-9-16/h6-9,17,20H,1-5H3. The van der Waals surface area contributed by atoms with Gasteiger partial charge in [0.15, 0.2) is 0 Å². The summed E-state index contributed by atoms with van der Waals surface area (Å²) in [6, 6.07) is 9.31. The van der Waals surface area contributed by atoms with E-state index in [4.69, 9.17) is 5.26 Å². The molecule has 1 aromatic carbocycles. The Morgan fingerprint density at radius 3 is 1.85 bits per heavy atom. The van der Waals surface area contributed by atoms with E-state index in [9.17, 15) is 5.11 Å². The number of aliphatic hydroxyl groups excluding tert-OH is 1. The molecule has 0 spiro atoms. The number of hydrogen-bond acceptors (Lipinski definition) is 2. The number of hydrogen-bond donors (Lipinski definition) is 1. The molecule has 0 radical (unpaired) electrons. The Kier molecular flexibility index (Phi) is 3.58. The highest BCUT2D eigenvalue weighted by molar-refractivity contribution is 5.52. The summed E-state index contributed by atoms with van der Waals surface area (Å²) in [5.41, 5.74) is 6.11. The van der Waals surface area contributed by atoms with Gasteiger partial charge in [-0.2, -0.15) is 5.26 Å². The Bertz CT molecular complexity index is 617. The first-order valence-electron chi connectivity index (χ1n) is 6.88. The molecule has 1 aliphatic carbocycles. The highest BCUT2D eigenvalue weighted by atomic mass is 16.3. The SMILES string of the molecule is CC1=C(C)C(C)(C(O)c2ccc(C#N)cc2)C(C)=C1C. The van der Waals surface area contributed by atoms with Gasteiger partial charge in [-0.15, -0.1) is 0 Å². The normalized spacial score (nSPS) is 19.2. The average molecular weight is 267 g/mol. The van der Waals surface area contributed by atoms with Crippen LogP contribution in [-0.2, 0) is 0 Å².